The molecular formula is C14H21N. The summed E-state index contributed by atoms with van der Waals surface area (Å²) < 4.78 is 0. The molecule has 1 heteroatoms. The fourth-order valence-corrected chi connectivity index (χ4v) is 2.10. The summed E-state index contributed by atoms with van der Waals surface area (Å²) in [5, 5.41) is 3.60. The average Bonchev–Trinajstić information content (AvgIpc) is 3.02. The highest BCUT2D eigenvalue weighted by atomic mass is 14.9. The largest absolute Gasteiger partial charge is 0.312 e. The third-order valence-corrected chi connectivity index (χ3v) is 3.78. The third-order valence-electron chi connectivity index (χ3n) is 3.78. The molecule has 0 radical (unpaired) electrons. The van der Waals surface area contributed by atoms with Gasteiger partial charge in [-0.15, -0.1) is 0 Å². The lowest BCUT2D eigenvalue weighted by atomic mass is 10.0. The van der Waals surface area contributed by atoms with E-state index in [-0.39, 0.29) is 0 Å². The van der Waals surface area contributed by atoms with Crippen molar-refractivity contribution in [2.45, 2.75) is 39.7 Å². The SMILES string of the molecule is CCC1(CNCc2ccccc2C)CC1. The summed E-state index contributed by atoms with van der Waals surface area (Å²) in [6.45, 7) is 6.71. The maximum Gasteiger partial charge on any atom is 0.0208 e. The molecule has 0 spiro atoms. The molecule has 1 aliphatic rings. The molecule has 2 rings (SSSR count). The number of rotatable bonds is 5. The van der Waals surface area contributed by atoms with Crippen LogP contribution in [0.5, 0.6) is 0 Å². The van der Waals surface area contributed by atoms with Gasteiger partial charge in [-0.25, -0.2) is 0 Å². The molecule has 15 heavy (non-hydrogen) atoms. The van der Waals surface area contributed by atoms with Crippen LogP contribution in [0.1, 0.15) is 37.3 Å². The van der Waals surface area contributed by atoms with Crippen molar-refractivity contribution in [3.8, 4) is 0 Å². The second kappa shape index (κ2) is 4.36. The molecule has 82 valence electrons. The van der Waals surface area contributed by atoms with E-state index in [1.807, 2.05) is 0 Å². The van der Waals surface area contributed by atoms with E-state index in [2.05, 4.69) is 43.4 Å². The zero-order valence-electron chi connectivity index (χ0n) is 9.84. The van der Waals surface area contributed by atoms with E-state index in [1.54, 1.807) is 0 Å². The minimum Gasteiger partial charge on any atom is -0.312 e. The van der Waals surface area contributed by atoms with E-state index in [1.165, 1.54) is 36.9 Å². The molecule has 1 aromatic carbocycles. The summed E-state index contributed by atoms with van der Waals surface area (Å²) in [5.41, 5.74) is 3.48. The van der Waals surface area contributed by atoms with Crippen molar-refractivity contribution < 1.29 is 0 Å². The molecule has 0 saturated heterocycles. The van der Waals surface area contributed by atoms with Gasteiger partial charge in [0.2, 0.25) is 0 Å². The molecule has 0 amide bonds. The predicted octanol–water partition coefficient (Wildman–Crippen LogP) is 3.27. The second-order valence-electron chi connectivity index (χ2n) is 4.88. The first-order chi connectivity index (χ1) is 7.26. The molecule has 1 saturated carbocycles. The van der Waals surface area contributed by atoms with Crippen LogP contribution in [-0.2, 0) is 6.54 Å². The highest BCUT2D eigenvalue weighted by Gasteiger charge is 2.39. The van der Waals surface area contributed by atoms with Gasteiger partial charge in [-0.3, -0.25) is 0 Å². The van der Waals surface area contributed by atoms with Gasteiger partial charge in [0.05, 0.1) is 0 Å². The van der Waals surface area contributed by atoms with E-state index in [4.69, 9.17) is 0 Å². The van der Waals surface area contributed by atoms with Gasteiger partial charge < -0.3 is 5.32 Å². The van der Waals surface area contributed by atoms with Crippen molar-refractivity contribution in [1.29, 1.82) is 0 Å². The van der Waals surface area contributed by atoms with Crippen molar-refractivity contribution in [2.24, 2.45) is 5.41 Å². The molecule has 0 heterocycles. The number of nitrogens with one attached hydrogen (secondary N) is 1. The number of hydrogen-bond donors (Lipinski definition) is 1. The Morgan fingerprint density at radius 3 is 2.60 bits per heavy atom. The molecule has 1 nitrogen and oxygen atoms in total. The van der Waals surface area contributed by atoms with Gasteiger partial charge in [-0.2, -0.15) is 0 Å². The van der Waals surface area contributed by atoms with Crippen molar-refractivity contribution in [1.82, 2.24) is 5.32 Å². The van der Waals surface area contributed by atoms with E-state index >= 15 is 0 Å². The minimum absolute atomic E-state index is 0.655. The second-order valence-corrected chi connectivity index (χ2v) is 4.88. The minimum atomic E-state index is 0.655. The molecule has 1 aliphatic carbocycles. The summed E-state index contributed by atoms with van der Waals surface area (Å²) >= 11 is 0. The lowest BCUT2D eigenvalue weighted by Crippen LogP contribution is -2.23. The zero-order valence-corrected chi connectivity index (χ0v) is 9.84. The Kier molecular flexibility index (Phi) is 3.11. The normalized spacial score (nSPS) is 17.7. The van der Waals surface area contributed by atoms with Crippen LogP contribution in [0.2, 0.25) is 0 Å². The van der Waals surface area contributed by atoms with E-state index in [9.17, 15) is 0 Å². The lowest BCUT2D eigenvalue weighted by molar-refractivity contribution is 0.443. The Morgan fingerprint density at radius 2 is 2.00 bits per heavy atom. The molecular weight excluding hydrogens is 182 g/mol. The van der Waals surface area contributed by atoms with E-state index in [0.29, 0.717) is 5.41 Å². The fraction of sp³-hybridized carbons (Fsp3) is 0.571. The quantitative estimate of drug-likeness (QED) is 0.774. The van der Waals surface area contributed by atoms with Gasteiger partial charge in [0.15, 0.2) is 0 Å². The molecule has 1 N–H and O–H groups in total. The number of hydrogen-bond acceptors (Lipinski definition) is 1. The van der Waals surface area contributed by atoms with Crippen molar-refractivity contribution in [3.05, 3.63) is 35.4 Å². The fourth-order valence-electron chi connectivity index (χ4n) is 2.10. The number of aryl methyl sites for hydroxylation is 1. The summed E-state index contributed by atoms with van der Waals surface area (Å²) in [4.78, 5) is 0. The first kappa shape index (κ1) is 10.7. The molecule has 0 unspecified atom stereocenters. The Labute approximate surface area is 92.9 Å². The molecule has 0 atom stereocenters. The lowest BCUT2D eigenvalue weighted by Gasteiger charge is -2.14. The number of benzene rings is 1. The highest BCUT2D eigenvalue weighted by Crippen LogP contribution is 2.47. The van der Waals surface area contributed by atoms with Crippen LogP contribution in [0.4, 0.5) is 0 Å². The predicted molar refractivity (Wildman–Crippen MR) is 64.8 cm³/mol. The highest BCUT2D eigenvalue weighted by molar-refractivity contribution is 5.25. The van der Waals surface area contributed by atoms with Gasteiger partial charge in [-0.1, -0.05) is 31.2 Å². The van der Waals surface area contributed by atoms with Crippen LogP contribution < -0.4 is 5.32 Å². The van der Waals surface area contributed by atoms with Crippen molar-refractivity contribution >= 4 is 0 Å². The van der Waals surface area contributed by atoms with E-state index in [0.717, 1.165) is 6.54 Å². The Bertz CT molecular complexity index is 326. The van der Waals surface area contributed by atoms with Crippen LogP contribution in [0, 0.1) is 12.3 Å². The maximum absolute atomic E-state index is 3.60. The van der Waals surface area contributed by atoms with Crippen LogP contribution >= 0.6 is 0 Å². The molecule has 0 aromatic heterocycles. The van der Waals surface area contributed by atoms with E-state index < -0.39 is 0 Å². The summed E-state index contributed by atoms with van der Waals surface area (Å²) in [6.07, 6.45) is 4.17. The summed E-state index contributed by atoms with van der Waals surface area (Å²) in [5.74, 6) is 0. The van der Waals surface area contributed by atoms with Crippen LogP contribution in [0.25, 0.3) is 0 Å². The van der Waals surface area contributed by atoms with Gasteiger partial charge >= 0.3 is 0 Å². The zero-order chi connectivity index (χ0) is 10.7. The van der Waals surface area contributed by atoms with Crippen molar-refractivity contribution in [2.75, 3.05) is 6.54 Å². The summed E-state index contributed by atoms with van der Waals surface area (Å²) in [6, 6.07) is 8.63. The molecule has 0 aliphatic heterocycles. The van der Waals surface area contributed by atoms with Crippen LogP contribution in [-0.4, -0.2) is 6.54 Å². The Morgan fingerprint density at radius 1 is 1.27 bits per heavy atom. The van der Waals surface area contributed by atoms with Gasteiger partial charge in [0.25, 0.3) is 0 Å². The van der Waals surface area contributed by atoms with Crippen LogP contribution in [0.15, 0.2) is 24.3 Å². The first-order valence-corrected chi connectivity index (χ1v) is 6.01. The Hall–Kier alpha value is -0.820. The average molecular weight is 203 g/mol. The van der Waals surface area contributed by atoms with Crippen LogP contribution in [0.3, 0.4) is 0 Å². The van der Waals surface area contributed by atoms with Crippen molar-refractivity contribution in [3.63, 3.8) is 0 Å². The molecule has 0 bridgehead atoms. The summed E-state index contributed by atoms with van der Waals surface area (Å²) in [7, 11) is 0. The molecule has 1 fully saturated rings. The third kappa shape index (κ3) is 2.60. The molecule has 1 aromatic rings. The Balaban J connectivity index is 1.81. The monoisotopic (exact) mass is 203 g/mol. The maximum atomic E-state index is 3.60. The van der Waals surface area contributed by atoms with Gasteiger partial charge in [0, 0.05) is 13.1 Å². The first-order valence-electron chi connectivity index (χ1n) is 6.01. The van der Waals surface area contributed by atoms with Gasteiger partial charge in [-0.05, 0) is 42.7 Å². The smallest absolute Gasteiger partial charge is 0.0208 e. The topological polar surface area (TPSA) is 12.0 Å². The standard InChI is InChI=1S/C14H21N/c1-3-14(8-9-14)11-15-10-13-7-5-4-6-12(13)2/h4-7,15H,3,8-11H2,1-2H3. The van der Waals surface area contributed by atoms with Gasteiger partial charge in [0.1, 0.15) is 0 Å².